The summed E-state index contributed by atoms with van der Waals surface area (Å²) < 4.78 is 51.1. The lowest BCUT2D eigenvalue weighted by atomic mass is 9.99. The lowest BCUT2D eigenvalue weighted by Gasteiger charge is -2.31. The molecule has 11 heteroatoms. The highest BCUT2D eigenvalue weighted by atomic mass is 32.2. The van der Waals surface area contributed by atoms with Crippen molar-refractivity contribution in [3.05, 3.63) is 34.4 Å². The number of nitro benzene ring substituents is 1. The van der Waals surface area contributed by atoms with Crippen LogP contribution < -0.4 is 4.72 Å². The van der Waals surface area contributed by atoms with Crippen LogP contribution in [0.5, 0.6) is 0 Å². The molecule has 0 bridgehead atoms. The van der Waals surface area contributed by atoms with E-state index in [9.17, 15) is 26.9 Å². The maximum atomic E-state index is 12.6. The molecule has 9 nitrogen and oxygen atoms in total. The minimum Gasteiger partial charge on any atom is -0.258 e. The molecule has 1 heterocycles. The van der Waals surface area contributed by atoms with Crippen LogP contribution >= 0.6 is 0 Å². The molecule has 0 spiro atoms. The molecule has 0 unspecified atom stereocenters. The molecule has 1 aliphatic rings. The Balaban J connectivity index is 2.10. The van der Waals surface area contributed by atoms with Crippen LogP contribution in [0.3, 0.4) is 0 Å². The van der Waals surface area contributed by atoms with Gasteiger partial charge in [0.15, 0.2) is 4.90 Å². The zero-order valence-corrected chi connectivity index (χ0v) is 14.7. The normalized spacial score (nSPS) is 17.7. The molecule has 0 saturated carbocycles. The summed E-state index contributed by atoms with van der Waals surface area (Å²) in [6.45, 7) is 0.660. The van der Waals surface area contributed by atoms with E-state index in [0.29, 0.717) is 12.8 Å². The Morgan fingerprint density at radius 2 is 1.79 bits per heavy atom. The van der Waals surface area contributed by atoms with Gasteiger partial charge in [0.2, 0.25) is 20.0 Å². The number of piperidine rings is 1. The van der Waals surface area contributed by atoms with Crippen molar-refractivity contribution in [3.63, 3.8) is 0 Å². The fraction of sp³-hybridized carbons (Fsp3) is 0.538. The number of hydrogen-bond donors (Lipinski definition) is 1. The quantitative estimate of drug-likeness (QED) is 0.569. The molecule has 1 saturated heterocycles. The van der Waals surface area contributed by atoms with E-state index >= 15 is 0 Å². The number of rotatable bonds is 6. The van der Waals surface area contributed by atoms with Crippen LogP contribution in [0.1, 0.15) is 12.8 Å². The van der Waals surface area contributed by atoms with E-state index < -0.39 is 30.7 Å². The molecule has 134 valence electrons. The van der Waals surface area contributed by atoms with Gasteiger partial charge < -0.3 is 0 Å². The Morgan fingerprint density at radius 1 is 1.21 bits per heavy atom. The van der Waals surface area contributed by atoms with Gasteiger partial charge >= 0.3 is 0 Å². The third kappa shape index (κ3) is 4.50. The number of para-hydroxylation sites is 1. The summed E-state index contributed by atoms with van der Waals surface area (Å²) >= 11 is 0. The van der Waals surface area contributed by atoms with Gasteiger partial charge in [-0.05, 0) is 24.8 Å². The summed E-state index contributed by atoms with van der Waals surface area (Å²) in [6, 6.07) is 5.25. The van der Waals surface area contributed by atoms with Crippen LogP contribution in [-0.2, 0) is 20.0 Å². The first kappa shape index (κ1) is 18.8. The molecule has 0 aromatic heterocycles. The SMILES string of the molecule is CS(=O)(=O)NCC1CCN(S(=O)(=O)c2ccccc2[N+](=O)[O-])CC1. The van der Waals surface area contributed by atoms with Crippen molar-refractivity contribution in [2.24, 2.45) is 5.92 Å². The molecule has 1 aromatic carbocycles. The second-order valence-electron chi connectivity index (χ2n) is 5.69. The molecule has 0 aliphatic carbocycles. The summed E-state index contributed by atoms with van der Waals surface area (Å²) in [5, 5.41) is 11.0. The van der Waals surface area contributed by atoms with Gasteiger partial charge in [0.1, 0.15) is 0 Å². The topological polar surface area (TPSA) is 127 Å². The van der Waals surface area contributed by atoms with E-state index in [1.165, 1.54) is 22.5 Å². The Kier molecular flexibility index (Phi) is 5.58. The second-order valence-corrected chi connectivity index (χ2v) is 9.43. The first-order valence-corrected chi connectivity index (χ1v) is 10.6. The highest BCUT2D eigenvalue weighted by molar-refractivity contribution is 7.89. The summed E-state index contributed by atoms with van der Waals surface area (Å²) in [4.78, 5) is 10.0. The van der Waals surface area contributed by atoms with Gasteiger partial charge in [0.25, 0.3) is 5.69 Å². The van der Waals surface area contributed by atoms with E-state index in [1.807, 2.05) is 0 Å². The van der Waals surface area contributed by atoms with Crippen LogP contribution in [0.2, 0.25) is 0 Å². The van der Waals surface area contributed by atoms with E-state index in [4.69, 9.17) is 0 Å². The van der Waals surface area contributed by atoms with Gasteiger partial charge in [-0.2, -0.15) is 4.31 Å². The van der Waals surface area contributed by atoms with E-state index in [1.54, 1.807) is 0 Å². The molecule has 1 N–H and O–H groups in total. The predicted molar refractivity (Wildman–Crippen MR) is 87.4 cm³/mol. The molecular formula is C13H19N3O6S2. The first-order valence-electron chi connectivity index (χ1n) is 7.29. The highest BCUT2D eigenvalue weighted by Crippen LogP contribution is 2.29. The van der Waals surface area contributed by atoms with Crippen LogP contribution in [0, 0.1) is 16.0 Å². The van der Waals surface area contributed by atoms with Gasteiger partial charge in [-0.25, -0.2) is 21.6 Å². The third-order valence-corrected chi connectivity index (χ3v) is 6.52. The standard InChI is InChI=1S/C13H19N3O6S2/c1-23(19,20)14-10-11-6-8-15(9-7-11)24(21,22)13-5-3-2-4-12(13)16(17)18/h2-5,11,14H,6-10H2,1H3. The summed E-state index contributed by atoms with van der Waals surface area (Å²) in [6.07, 6.45) is 2.05. The van der Waals surface area contributed by atoms with E-state index in [-0.39, 0.29) is 30.4 Å². The largest absolute Gasteiger partial charge is 0.289 e. The number of hydrogen-bond acceptors (Lipinski definition) is 6. The van der Waals surface area contributed by atoms with E-state index in [0.717, 1.165) is 12.3 Å². The van der Waals surface area contributed by atoms with Crippen molar-refractivity contribution in [1.29, 1.82) is 0 Å². The fourth-order valence-electron chi connectivity index (χ4n) is 2.59. The molecular weight excluding hydrogens is 358 g/mol. The van der Waals surface area contributed by atoms with Gasteiger partial charge in [-0.1, -0.05) is 12.1 Å². The molecule has 24 heavy (non-hydrogen) atoms. The van der Waals surface area contributed by atoms with Crippen molar-refractivity contribution in [3.8, 4) is 0 Å². The molecule has 1 fully saturated rings. The van der Waals surface area contributed by atoms with Crippen molar-refractivity contribution in [1.82, 2.24) is 9.03 Å². The Labute approximate surface area is 140 Å². The van der Waals surface area contributed by atoms with Crippen LogP contribution in [0.15, 0.2) is 29.2 Å². The molecule has 0 radical (unpaired) electrons. The lowest BCUT2D eigenvalue weighted by molar-refractivity contribution is -0.387. The Hall–Kier alpha value is -1.56. The van der Waals surface area contributed by atoms with Gasteiger partial charge in [0.05, 0.1) is 11.2 Å². The Morgan fingerprint density at radius 3 is 2.33 bits per heavy atom. The van der Waals surface area contributed by atoms with Gasteiger partial charge in [-0.15, -0.1) is 0 Å². The number of nitrogens with one attached hydrogen (secondary N) is 1. The maximum Gasteiger partial charge on any atom is 0.289 e. The monoisotopic (exact) mass is 377 g/mol. The second kappa shape index (κ2) is 7.13. The van der Waals surface area contributed by atoms with Crippen molar-refractivity contribution in [2.45, 2.75) is 17.7 Å². The maximum absolute atomic E-state index is 12.6. The van der Waals surface area contributed by atoms with Gasteiger partial charge in [-0.3, -0.25) is 10.1 Å². The zero-order chi connectivity index (χ0) is 18.0. The molecule has 1 aromatic rings. The van der Waals surface area contributed by atoms with Crippen LogP contribution in [0.25, 0.3) is 0 Å². The average molecular weight is 377 g/mol. The highest BCUT2D eigenvalue weighted by Gasteiger charge is 2.33. The van der Waals surface area contributed by atoms with Gasteiger partial charge in [0, 0.05) is 25.7 Å². The lowest BCUT2D eigenvalue weighted by Crippen LogP contribution is -2.41. The molecule has 2 rings (SSSR count). The van der Waals surface area contributed by atoms with E-state index in [2.05, 4.69) is 4.72 Å². The number of benzene rings is 1. The first-order chi connectivity index (χ1) is 11.1. The molecule has 0 atom stereocenters. The predicted octanol–water partition coefficient (Wildman–Crippen LogP) is 0.545. The zero-order valence-electron chi connectivity index (χ0n) is 13.1. The number of nitro groups is 1. The fourth-order valence-corrected chi connectivity index (χ4v) is 4.75. The smallest absolute Gasteiger partial charge is 0.258 e. The number of nitrogens with zero attached hydrogens (tertiary/aromatic N) is 2. The minimum absolute atomic E-state index is 0.0388. The molecule has 1 aliphatic heterocycles. The van der Waals surface area contributed by atoms with Crippen molar-refractivity contribution >= 4 is 25.7 Å². The van der Waals surface area contributed by atoms with Crippen LogP contribution in [-0.4, -0.2) is 52.0 Å². The Bertz CT molecular complexity index is 814. The minimum atomic E-state index is -3.95. The summed E-state index contributed by atoms with van der Waals surface area (Å²) in [7, 11) is -7.23. The molecule has 0 amide bonds. The average Bonchev–Trinajstić information content (AvgIpc) is 2.52. The van der Waals surface area contributed by atoms with Crippen molar-refractivity contribution in [2.75, 3.05) is 25.9 Å². The van der Waals surface area contributed by atoms with Crippen LogP contribution in [0.4, 0.5) is 5.69 Å². The third-order valence-electron chi connectivity index (χ3n) is 3.89. The van der Waals surface area contributed by atoms with Crippen molar-refractivity contribution < 1.29 is 21.8 Å². The number of sulfonamides is 2. The summed E-state index contributed by atoms with van der Waals surface area (Å²) in [5.74, 6) is 0.0388. The summed E-state index contributed by atoms with van der Waals surface area (Å²) in [5.41, 5.74) is -0.446.